The number of carbonyl (C=O) groups excluding carboxylic acids is 2. The molecule has 8 heteroatoms. The molecule has 0 spiro atoms. The lowest BCUT2D eigenvalue weighted by atomic mass is 10.0. The van der Waals surface area contributed by atoms with E-state index in [0.717, 1.165) is 32.1 Å². The summed E-state index contributed by atoms with van der Waals surface area (Å²) in [4.78, 5) is 26.4. The van der Waals surface area contributed by atoms with Gasteiger partial charge < -0.3 is 9.64 Å². The summed E-state index contributed by atoms with van der Waals surface area (Å²) in [6.45, 7) is 4.14. The Morgan fingerprint density at radius 2 is 1.86 bits per heavy atom. The Bertz CT molecular complexity index is 818. The van der Waals surface area contributed by atoms with Crippen molar-refractivity contribution < 1.29 is 22.7 Å². The molecule has 2 fully saturated rings. The first-order chi connectivity index (χ1) is 13.4. The van der Waals surface area contributed by atoms with Gasteiger partial charge in [-0.15, -0.1) is 0 Å². The van der Waals surface area contributed by atoms with E-state index in [4.69, 9.17) is 4.74 Å². The number of sulfonamides is 1. The molecule has 0 N–H and O–H groups in total. The van der Waals surface area contributed by atoms with Gasteiger partial charge in [-0.3, -0.25) is 4.79 Å². The van der Waals surface area contributed by atoms with Gasteiger partial charge in [0, 0.05) is 26.2 Å². The fraction of sp³-hybridized carbons (Fsp3) is 0.600. The Labute approximate surface area is 166 Å². The monoisotopic (exact) mass is 408 g/mol. The molecule has 0 bridgehead atoms. The predicted molar refractivity (Wildman–Crippen MR) is 104 cm³/mol. The van der Waals surface area contributed by atoms with E-state index < -0.39 is 16.0 Å². The Kier molecular flexibility index (Phi) is 6.72. The Balaban J connectivity index is 1.63. The smallest absolute Gasteiger partial charge is 0.338 e. The van der Waals surface area contributed by atoms with Crippen molar-refractivity contribution in [3.63, 3.8) is 0 Å². The molecule has 2 aliphatic rings. The first-order valence-corrected chi connectivity index (χ1v) is 11.4. The number of benzene rings is 1. The maximum absolute atomic E-state index is 12.8. The number of rotatable bonds is 5. The quantitative estimate of drug-likeness (QED) is 0.698. The van der Waals surface area contributed by atoms with E-state index in [1.807, 2.05) is 0 Å². The standard InChI is InChI=1S/C20H28N2O5S/c1-16-7-6-10-21(14-16)19(23)15-27-20(24)17-8-5-9-18(13-17)28(25,26)22-11-3-2-4-12-22/h5,8-9,13,16H,2-4,6-7,10-12,14-15H2,1H3/t16-/m0/s1. The number of piperidine rings is 2. The van der Waals surface area contributed by atoms with Crippen molar-refractivity contribution >= 4 is 21.9 Å². The summed E-state index contributed by atoms with van der Waals surface area (Å²) < 4.78 is 32.2. The average Bonchev–Trinajstić information content (AvgIpc) is 2.72. The van der Waals surface area contributed by atoms with Gasteiger partial charge in [0.25, 0.3) is 5.91 Å². The maximum Gasteiger partial charge on any atom is 0.338 e. The number of amides is 1. The summed E-state index contributed by atoms with van der Waals surface area (Å²) in [7, 11) is -3.62. The highest BCUT2D eigenvalue weighted by atomic mass is 32.2. The molecular weight excluding hydrogens is 380 g/mol. The van der Waals surface area contributed by atoms with Gasteiger partial charge >= 0.3 is 5.97 Å². The van der Waals surface area contributed by atoms with Crippen molar-refractivity contribution in [3.8, 4) is 0 Å². The highest BCUT2D eigenvalue weighted by molar-refractivity contribution is 7.89. The molecule has 2 saturated heterocycles. The molecule has 3 rings (SSSR count). The molecule has 0 radical (unpaired) electrons. The number of carbonyl (C=O) groups is 2. The topological polar surface area (TPSA) is 84.0 Å². The maximum atomic E-state index is 12.8. The Hall–Kier alpha value is -1.93. The lowest BCUT2D eigenvalue weighted by molar-refractivity contribution is -0.136. The molecule has 1 atom stereocenters. The molecule has 1 aromatic carbocycles. The van der Waals surface area contributed by atoms with Crippen LogP contribution in [0.2, 0.25) is 0 Å². The zero-order chi connectivity index (χ0) is 20.1. The van der Waals surface area contributed by atoms with E-state index in [0.29, 0.717) is 32.1 Å². The SMILES string of the molecule is C[C@H]1CCCN(C(=O)COC(=O)c2cccc(S(=O)(=O)N3CCCCC3)c2)C1. The van der Waals surface area contributed by atoms with Gasteiger partial charge in [-0.05, 0) is 49.8 Å². The second-order valence-corrected chi connectivity index (χ2v) is 9.59. The normalized spacial score (nSPS) is 21.3. The molecule has 7 nitrogen and oxygen atoms in total. The van der Waals surface area contributed by atoms with Crippen LogP contribution < -0.4 is 0 Å². The second-order valence-electron chi connectivity index (χ2n) is 7.66. The highest BCUT2D eigenvalue weighted by Gasteiger charge is 2.27. The van der Waals surface area contributed by atoms with Crippen LogP contribution in [-0.2, 0) is 19.6 Å². The summed E-state index contributed by atoms with van der Waals surface area (Å²) in [5, 5.41) is 0. The minimum absolute atomic E-state index is 0.0834. The van der Waals surface area contributed by atoms with Gasteiger partial charge in [0.05, 0.1) is 10.5 Å². The number of esters is 1. The van der Waals surface area contributed by atoms with E-state index >= 15 is 0 Å². The Morgan fingerprint density at radius 3 is 2.57 bits per heavy atom. The van der Waals surface area contributed by atoms with Gasteiger partial charge in [0.2, 0.25) is 10.0 Å². The first kappa shape index (κ1) is 20.8. The summed E-state index contributed by atoms with van der Waals surface area (Å²) >= 11 is 0. The minimum Gasteiger partial charge on any atom is -0.452 e. The largest absolute Gasteiger partial charge is 0.452 e. The van der Waals surface area contributed by atoms with Crippen LogP contribution in [0.15, 0.2) is 29.2 Å². The lowest BCUT2D eigenvalue weighted by Gasteiger charge is -2.30. The first-order valence-electron chi connectivity index (χ1n) is 9.93. The van der Waals surface area contributed by atoms with Crippen molar-refractivity contribution in [2.75, 3.05) is 32.8 Å². The lowest BCUT2D eigenvalue weighted by Crippen LogP contribution is -2.41. The van der Waals surface area contributed by atoms with Gasteiger partial charge in [-0.1, -0.05) is 19.4 Å². The fourth-order valence-electron chi connectivity index (χ4n) is 3.76. The van der Waals surface area contributed by atoms with Crippen molar-refractivity contribution in [2.45, 2.75) is 43.9 Å². The van der Waals surface area contributed by atoms with Gasteiger partial charge in [0.15, 0.2) is 6.61 Å². The third-order valence-electron chi connectivity index (χ3n) is 5.36. The van der Waals surface area contributed by atoms with Crippen LogP contribution >= 0.6 is 0 Å². The number of likely N-dealkylation sites (tertiary alicyclic amines) is 1. The van der Waals surface area contributed by atoms with Crippen molar-refractivity contribution in [1.29, 1.82) is 0 Å². The number of hydrogen-bond donors (Lipinski definition) is 0. The van der Waals surface area contributed by atoms with E-state index in [-0.39, 0.29) is 23.0 Å². The molecule has 28 heavy (non-hydrogen) atoms. The van der Waals surface area contributed by atoms with E-state index in [9.17, 15) is 18.0 Å². The molecule has 0 aliphatic carbocycles. The number of ether oxygens (including phenoxy) is 1. The molecule has 2 heterocycles. The van der Waals surface area contributed by atoms with E-state index in [2.05, 4.69) is 6.92 Å². The van der Waals surface area contributed by atoms with Crippen LogP contribution in [0.4, 0.5) is 0 Å². The van der Waals surface area contributed by atoms with Crippen LogP contribution in [-0.4, -0.2) is 62.3 Å². The van der Waals surface area contributed by atoms with E-state index in [1.54, 1.807) is 4.90 Å². The van der Waals surface area contributed by atoms with Crippen LogP contribution in [0.5, 0.6) is 0 Å². The molecule has 0 unspecified atom stereocenters. The molecule has 0 saturated carbocycles. The summed E-state index contributed by atoms with van der Waals surface area (Å²) in [6, 6.07) is 5.85. The predicted octanol–water partition coefficient (Wildman–Crippen LogP) is 2.28. The third kappa shape index (κ3) is 4.91. The van der Waals surface area contributed by atoms with Gasteiger partial charge in [-0.25, -0.2) is 13.2 Å². The Morgan fingerprint density at radius 1 is 1.11 bits per heavy atom. The van der Waals surface area contributed by atoms with Crippen molar-refractivity contribution in [1.82, 2.24) is 9.21 Å². The summed E-state index contributed by atoms with van der Waals surface area (Å²) in [5.74, 6) is -0.448. The van der Waals surface area contributed by atoms with Gasteiger partial charge in [0.1, 0.15) is 0 Å². The molecule has 1 amide bonds. The van der Waals surface area contributed by atoms with Crippen LogP contribution in [0.3, 0.4) is 0 Å². The molecule has 154 valence electrons. The van der Waals surface area contributed by atoms with Crippen molar-refractivity contribution in [3.05, 3.63) is 29.8 Å². The minimum atomic E-state index is -3.62. The summed E-state index contributed by atoms with van der Waals surface area (Å²) in [5.41, 5.74) is 0.137. The van der Waals surface area contributed by atoms with Crippen molar-refractivity contribution in [2.24, 2.45) is 5.92 Å². The second kappa shape index (κ2) is 9.05. The molecule has 1 aromatic rings. The molecular formula is C20H28N2O5S. The number of nitrogens with zero attached hydrogens (tertiary/aromatic N) is 2. The van der Waals surface area contributed by atoms with E-state index in [1.165, 1.54) is 28.6 Å². The molecule has 2 aliphatic heterocycles. The zero-order valence-electron chi connectivity index (χ0n) is 16.3. The van der Waals surface area contributed by atoms with Crippen LogP contribution in [0, 0.1) is 5.92 Å². The average molecular weight is 409 g/mol. The number of hydrogen-bond acceptors (Lipinski definition) is 5. The van der Waals surface area contributed by atoms with Crippen LogP contribution in [0.25, 0.3) is 0 Å². The van der Waals surface area contributed by atoms with Gasteiger partial charge in [-0.2, -0.15) is 4.31 Å². The fourth-order valence-corrected chi connectivity index (χ4v) is 5.32. The molecule has 0 aromatic heterocycles. The highest BCUT2D eigenvalue weighted by Crippen LogP contribution is 2.22. The summed E-state index contributed by atoms with van der Waals surface area (Å²) in [6.07, 6.45) is 4.78. The zero-order valence-corrected chi connectivity index (χ0v) is 17.1. The third-order valence-corrected chi connectivity index (χ3v) is 7.25. The van der Waals surface area contributed by atoms with Crippen LogP contribution in [0.1, 0.15) is 49.4 Å².